The van der Waals surface area contributed by atoms with Crippen LogP contribution < -0.4 is 5.32 Å². The number of carbonyl (C=O) groups excluding carboxylic acids is 2. The van der Waals surface area contributed by atoms with E-state index in [4.69, 9.17) is 0 Å². The van der Waals surface area contributed by atoms with Crippen molar-refractivity contribution in [2.75, 3.05) is 13.1 Å². The normalized spacial score (nSPS) is 14.5. The summed E-state index contributed by atoms with van der Waals surface area (Å²) >= 11 is 0. The standard InChI is InChI=1S/C13H20N2O2/c1-3-14-12(16)7-5-4-6-10-15-11(2)8-9-13(15)17/h8-9H,2-7,10H2,1H3,(H,14,16). The van der Waals surface area contributed by atoms with Crippen molar-refractivity contribution in [1.29, 1.82) is 0 Å². The Bertz CT molecular complexity index is 316. The number of hydrogen-bond donors (Lipinski definition) is 1. The first kappa shape index (κ1) is 13.5. The van der Waals surface area contributed by atoms with E-state index in [2.05, 4.69) is 11.9 Å². The molecular formula is C13H20N2O2. The number of carbonyl (C=O) groups is 2. The third kappa shape index (κ3) is 4.43. The number of amides is 2. The smallest absolute Gasteiger partial charge is 0.251 e. The SMILES string of the molecule is C=C1C=CC(=O)N1CCCCCC(=O)NCC. The van der Waals surface area contributed by atoms with Crippen molar-refractivity contribution in [2.24, 2.45) is 0 Å². The van der Waals surface area contributed by atoms with Crippen LogP contribution >= 0.6 is 0 Å². The molecule has 1 rings (SSSR count). The number of unbranched alkanes of at least 4 members (excludes halogenated alkanes) is 2. The van der Waals surface area contributed by atoms with Gasteiger partial charge in [-0.2, -0.15) is 0 Å². The summed E-state index contributed by atoms with van der Waals surface area (Å²) in [4.78, 5) is 24.2. The first-order chi connectivity index (χ1) is 8.15. The second-order valence-corrected chi connectivity index (χ2v) is 4.08. The first-order valence-corrected chi connectivity index (χ1v) is 6.10. The highest BCUT2D eigenvalue weighted by Crippen LogP contribution is 2.14. The largest absolute Gasteiger partial charge is 0.356 e. The van der Waals surface area contributed by atoms with Crippen LogP contribution in [0, 0.1) is 0 Å². The Labute approximate surface area is 102 Å². The molecule has 4 nitrogen and oxygen atoms in total. The number of rotatable bonds is 7. The summed E-state index contributed by atoms with van der Waals surface area (Å²) in [6.07, 6.45) is 6.57. The molecule has 4 heteroatoms. The van der Waals surface area contributed by atoms with E-state index >= 15 is 0 Å². The molecule has 0 saturated heterocycles. The van der Waals surface area contributed by atoms with E-state index in [-0.39, 0.29) is 11.8 Å². The lowest BCUT2D eigenvalue weighted by Crippen LogP contribution is -2.25. The minimum absolute atomic E-state index is 0.0127. The minimum atomic E-state index is 0.0127. The predicted octanol–water partition coefficient (Wildman–Crippen LogP) is 1.59. The molecule has 0 radical (unpaired) electrons. The molecule has 0 aliphatic carbocycles. The molecule has 0 aromatic heterocycles. The lowest BCUT2D eigenvalue weighted by atomic mass is 10.2. The topological polar surface area (TPSA) is 49.4 Å². The Morgan fingerprint density at radius 1 is 1.35 bits per heavy atom. The molecule has 0 aromatic carbocycles. The van der Waals surface area contributed by atoms with Crippen LogP contribution in [-0.4, -0.2) is 29.8 Å². The van der Waals surface area contributed by atoms with Crippen LogP contribution in [0.4, 0.5) is 0 Å². The zero-order valence-electron chi connectivity index (χ0n) is 10.4. The predicted molar refractivity (Wildman–Crippen MR) is 67.1 cm³/mol. The molecule has 1 heterocycles. The van der Waals surface area contributed by atoms with Crippen molar-refractivity contribution in [3.8, 4) is 0 Å². The fraction of sp³-hybridized carbons (Fsp3) is 0.538. The van der Waals surface area contributed by atoms with E-state index in [1.807, 2.05) is 6.92 Å². The van der Waals surface area contributed by atoms with Gasteiger partial charge < -0.3 is 10.2 Å². The highest BCUT2D eigenvalue weighted by Gasteiger charge is 2.17. The van der Waals surface area contributed by atoms with Crippen LogP contribution in [0.1, 0.15) is 32.6 Å². The first-order valence-electron chi connectivity index (χ1n) is 6.10. The zero-order chi connectivity index (χ0) is 12.7. The quantitative estimate of drug-likeness (QED) is 0.682. The Morgan fingerprint density at radius 3 is 2.71 bits per heavy atom. The van der Waals surface area contributed by atoms with Crippen molar-refractivity contribution >= 4 is 11.8 Å². The van der Waals surface area contributed by atoms with E-state index in [0.29, 0.717) is 19.5 Å². The average Bonchev–Trinajstić information content (AvgIpc) is 2.60. The third-order valence-electron chi connectivity index (χ3n) is 2.69. The van der Waals surface area contributed by atoms with Gasteiger partial charge in [0.05, 0.1) is 0 Å². The number of hydrogen-bond acceptors (Lipinski definition) is 2. The van der Waals surface area contributed by atoms with Gasteiger partial charge >= 0.3 is 0 Å². The summed E-state index contributed by atoms with van der Waals surface area (Å²) in [5.41, 5.74) is 0.763. The van der Waals surface area contributed by atoms with Gasteiger partial charge in [0.15, 0.2) is 0 Å². The maximum absolute atomic E-state index is 11.4. The Hall–Kier alpha value is -1.58. The van der Waals surface area contributed by atoms with Gasteiger partial charge in [0, 0.05) is 31.3 Å². The van der Waals surface area contributed by atoms with Crippen LogP contribution in [0.5, 0.6) is 0 Å². The van der Waals surface area contributed by atoms with E-state index in [1.165, 1.54) is 6.08 Å². The van der Waals surface area contributed by atoms with Gasteiger partial charge in [-0.3, -0.25) is 9.59 Å². The van der Waals surface area contributed by atoms with Crippen molar-refractivity contribution in [2.45, 2.75) is 32.6 Å². The van der Waals surface area contributed by atoms with Gasteiger partial charge in [-0.1, -0.05) is 13.0 Å². The highest BCUT2D eigenvalue weighted by atomic mass is 16.2. The van der Waals surface area contributed by atoms with Crippen LogP contribution in [0.3, 0.4) is 0 Å². The van der Waals surface area contributed by atoms with Gasteiger partial charge in [-0.05, 0) is 25.8 Å². The molecule has 0 spiro atoms. The fourth-order valence-electron chi connectivity index (χ4n) is 1.76. The summed E-state index contributed by atoms with van der Waals surface area (Å²) in [5, 5.41) is 2.76. The number of nitrogens with zero attached hydrogens (tertiary/aromatic N) is 1. The zero-order valence-corrected chi connectivity index (χ0v) is 10.4. The molecule has 1 aliphatic rings. The summed E-state index contributed by atoms with van der Waals surface area (Å²) in [6, 6.07) is 0. The Kier molecular flexibility index (Phi) is 5.46. The molecule has 0 bridgehead atoms. The van der Waals surface area contributed by atoms with E-state index in [1.54, 1.807) is 11.0 Å². The van der Waals surface area contributed by atoms with Crippen molar-refractivity contribution in [1.82, 2.24) is 10.2 Å². The Balaban J connectivity index is 2.07. The molecule has 94 valence electrons. The monoisotopic (exact) mass is 236 g/mol. The molecule has 1 aliphatic heterocycles. The van der Waals surface area contributed by atoms with Crippen LogP contribution in [0.25, 0.3) is 0 Å². The fourth-order valence-corrected chi connectivity index (χ4v) is 1.76. The summed E-state index contributed by atoms with van der Waals surface area (Å²) in [7, 11) is 0. The van der Waals surface area contributed by atoms with Gasteiger partial charge in [0.2, 0.25) is 5.91 Å². The number of nitrogens with one attached hydrogen (secondary N) is 1. The second kappa shape index (κ2) is 6.89. The molecular weight excluding hydrogens is 216 g/mol. The van der Waals surface area contributed by atoms with Gasteiger partial charge in [0.1, 0.15) is 0 Å². The molecule has 0 unspecified atom stereocenters. The van der Waals surface area contributed by atoms with E-state index < -0.39 is 0 Å². The van der Waals surface area contributed by atoms with Crippen LogP contribution in [-0.2, 0) is 9.59 Å². The van der Waals surface area contributed by atoms with Crippen LogP contribution in [0.15, 0.2) is 24.4 Å². The maximum Gasteiger partial charge on any atom is 0.251 e. The summed E-state index contributed by atoms with van der Waals surface area (Å²) < 4.78 is 0. The van der Waals surface area contributed by atoms with Crippen molar-refractivity contribution in [3.63, 3.8) is 0 Å². The molecule has 2 amide bonds. The maximum atomic E-state index is 11.4. The average molecular weight is 236 g/mol. The second-order valence-electron chi connectivity index (χ2n) is 4.08. The third-order valence-corrected chi connectivity index (χ3v) is 2.69. The van der Waals surface area contributed by atoms with Gasteiger partial charge in [-0.25, -0.2) is 0 Å². The summed E-state index contributed by atoms with van der Waals surface area (Å²) in [5.74, 6) is 0.120. The molecule has 17 heavy (non-hydrogen) atoms. The molecule has 0 atom stereocenters. The summed E-state index contributed by atoms with van der Waals surface area (Å²) in [6.45, 7) is 7.09. The van der Waals surface area contributed by atoms with Crippen molar-refractivity contribution < 1.29 is 9.59 Å². The van der Waals surface area contributed by atoms with E-state index in [9.17, 15) is 9.59 Å². The van der Waals surface area contributed by atoms with Crippen molar-refractivity contribution in [3.05, 3.63) is 24.4 Å². The lowest BCUT2D eigenvalue weighted by Gasteiger charge is -2.16. The molecule has 0 fully saturated rings. The van der Waals surface area contributed by atoms with E-state index in [0.717, 1.165) is 25.0 Å². The highest BCUT2D eigenvalue weighted by molar-refractivity contribution is 5.92. The minimum Gasteiger partial charge on any atom is -0.356 e. The lowest BCUT2D eigenvalue weighted by molar-refractivity contribution is -0.123. The molecule has 1 N–H and O–H groups in total. The number of allylic oxidation sites excluding steroid dienone is 1. The van der Waals surface area contributed by atoms with Gasteiger partial charge in [0.25, 0.3) is 5.91 Å². The molecule has 0 saturated carbocycles. The van der Waals surface area contributed by atoms with Crippen LogP contribution in [0.2, 0.25) is 0 Å². The Morgan fingerprint density at radius 2 is 2.12 bits per heavy atom. The van der Waals surface area contributed by atoms with Gasteiger partial charge in [-0.15, -0.1) is 0 Å². The molecule has 0 aromatic rings.